The third kappa shape index (κ3) is 2.36. The fourth-order valence-electron chi connectivity index (χ4n) is 3.65. The number of hydrogen-bond acceptors (Lipinski definition) is 3. The molecule has 0 saturated carbocycles. The van der Waals surface area contributed by atoms with Crippen LogP contribution in [0.1, 0.15) is 5.56 Å². The van der Waals surface area contributed by atoms with Gasteiger partial charge in [-0.1, -0.05) is 36.4 Å². The maximum atomic E-state index is 14.0. The molecule has 0 unspecified atom stereocenters. The Bertz CT molecular complexity index is 1470. The molecule has 4 nitrogen and oxygen atoms in total. The lowest BCUT2D eigenvalue weighted by atomic mass is 10.1. The van der Waals surface area contributed by atoms with E-state index in [9.17, 15) is 9.18 Å². The van der Waals surface area contributed by atoms with Crippen LogP contribution >= 0.6 is 0 Å². The van der Waals surface area contributed by atoms with E-state index in [4.69, 9.17) is 9.72 Å². The average molecular weight is 370 g/mol. The van der Waals surface area contributed by atoms with Crippen LogP contribution < -0.4 is 15.5 Å². The number of benzene rings is 3. The van der Waals surface area contributed by atoms with Gasteiger partial charge in [0.2, 0.25) is 0 Å². The first-order chi connectivity index (χ1) is 13.7. The van der Waals surface area contributed by atoms with Crippen LogP contribution in [-0.2, 0) is 0 Å². The highest BCUT2D eigenvalue weighted by atomic mass is 19.1. The molecule has 5 rings (SSSR count). The first-order valence-electron chi connectivity index (χ1n) is 8.84. The fraction of sp³-hybridized carbons (Fsp3) is 0.0435. The number of halogens is 1. The normalized spacial score (nSPS) is 12.3. The van der Waals surface area contributed by atoms with E-state index in [1.54, 1.807) is 35.8 Å². The number of ether oxygens (including phenoxy) is 1. The Labute approximate surface area is 159 Å². The molecular formula is C23H15FN2O2. The lowest BCUT2D eigenvalue weighted by Crippen LogP contribution is -2.16. The minimum absolute atomic E-state index is 0.205. The lowest BCUT2D eigenvalue weighted by Gasteiger charge is -2.05. The predicted octanol–water partition coefficient (Wildman–Crippen LogP) is 3.70. The Morgan fingerprint density at radius 1 is 1.00 bits per heavy atom. The highest BCUT2D eigenvalue weighted by Gasteiger charge is 2.16. The molecule has 0 spiro atoms. The van der Waals surface area contributed by atoms with Crippen molar-refractivity contribution in [1.82, 2.24) is 9.38 Å². The first-order valence-corrected chi connectivity index (χ1v) is 8.84. The number of methoxy groups -OCH3 is 1. The Balaban J connectivity index is 2.06. The van der Waals surface area contributed by atoms with E-state index in [1.165, 1.54) is 12.1 Å². The van der Waals surface area contributed by atoms with Crippen molar-refractivity contribution in [2.75, 3.05) is 7.11 Å². The average Bonchev–Trinajstić information content (AvgIpc) is 3.01. The third-order valence-corrected chi connectivity index (χ3v) is 4.92. The number of fused-ring (bicyclic) bond motifs is 4. The molecule has 3 aromatic carbocycles. The molecule has 136 valence electrons. The Kier molecular flexibility index (Phi) is 3.62. The van der Waals surface area contributed by atoms with Crippen molar-refractivity contribution in [1.29, 1.82) is 0 Å². The van der Waals surface area contributed by atoms with Crippen LogP contribution in [0.2, 0.25) is 0 Å². The summed E-state index contributed by atoms with van der Waals surface area (Å²) < 4.78 is 21.0. The molecule has 0 radical (unpaired) electrons. The van der Waals surface area contributed by atoms with E-state index < -0.39 is 0 Å². The van der Waals surface area contributed by atoms with Crippen molar-refractivity contribution >= 4 is 33.5 Å². The molecule has 0 bridgehead atoms. The summed E-state index contributed by atoms with van der Waals surface area (Å²) in [6.07, 6.45) is 1.92. The molecule has 0 saturated heterocycles. The predicted molar refractivity (Wildman–Crippen MR) is 108 cm³/mol. The summed E-state index contributed by atoms with van der Waals surface area (Å²) in [6.45, 7) is 0. The standard InChI is InChI=1S/C23H15FN2O2/c1-28-20-9-5-8-16-21(20)25-22-18(12-14-6-3-2-4-7-14)17-13-15(24)10-11-19(17)26(22)23(16)27/h2-13H,1H3. The zero-order valence-corrected chi connectivity index (χ0v) is 15.0. The molecule has 0 aliphatic rings. The van der Waals surface area contributed by atoms with E-state index in [1.807, 2.05) is 36.4 Å². The number of para-hydroxylation sites is 1. The number of nitrogens with zero attached hydrogens (tertiary/aromatic N) is 2. The zero-order valence-electron chi connectivity index (χ0n) is 15.0. The van der Waals surface area contributed by atoms with Crippen LogP contribution in [0.5, 0.6) is 5.75 Å². The fourth-order valence-corrected chi connectivity index (χ4v) is 3.65. The maximum Gasteiger partial charge on any atom is 0.266 e. The van der Waals surface area contributed by atoms with Crippen LogP contribution in [0.25, 0.3) is 33.5 Å². The molecule has 0 atom stereocenters. The van der Waals surface area contributed by atoms with E-state index in [-0.39, 0.29) is 11.4 Å². The second kappa shape index (κ2) is 6.16. The van der Waals surface area contributed by atoms with Gasteiger partial charge in [-0.25, -0.2) is 9.37 Å². The summed E-state index contributed by atoms with van der Waals surface area (Å²) in [5.41, 5.74) is 2.33. The van der Waals surface area contributed by atoms with Crippen molar-refractivity contribution < 1.29 is 9.13 Å². The molecule has 0 fully saturated rings. The highest BCUT2D eigenvalue weighted by molar-refractivity contribution is 5.93. The van der Waals surface area contributed by atoms with Gasteiger partial charge in [-0.15, -0.1) is 0 Å². The van der Waals surface area contributed by atoms with E-state index >= 15 is 0 Å². The first kappa shape index (κ1) is 16.4. The SMILES string of the molecule is COc1cccc2c(=O)n3c(nc12)c(=Cc1ccccc1)c1cc(F)ccc13. The molecule has 2 aromatic heterocycles. The Hall–Kier alpha value is -3.73. The lowest BCUT2D eigenvalue weighted by molar-refractivity contribution is 0.419. The van der Waals surface area contributed by atoms with Crippen molar-refractivity contribution in [3.8, 4) is 5.75 Å². The number of rotatable bonds is 2. The van der Waals surface area contributed by atoms with Gasteiger partial charge in [-0.2, -0.15) is 0 Å². The summed E-state index contributed by atoms with van der Waals surface area (Å²) in [4.78, 5) is 18.0. The molecule has 5 aromatic rings. The smallest absolute Gasteiger partial charge is 0.266 e. The van der Waals surface area contributed by atoms with E-state index in [2.05, 4.69) is 0 Å². The van der Waals surface area contributed by atoms with Gasteiger partial charge in [0.15, 0.2) is 0 Å². The van der Waals surface area contributed by atoms with Gasteiger partial charge in [0.05, 0.1) is 18.0 Å². The summed E-state index contributed by atoms with van der Waals surface area (Å²) in [7, 11) is 1.55. The van der Waals surface area contributed by atoms with Gasteiger partial charge >= 0.3 is 0 Å². The van der Waals surface area contributed by atoms with Crippen molar-refractivity contribution in [3.63, 3.8) is 0 Å². The monoisotopic (exact) mass is 370 g/mol. The third-order valence-electron chi connectivity index (χ3n) is 4.92. The van der Waals surface area contributed by atoms with Gasteiger partial charge < -0.3 is 4.74 Å². The summed E-state index contributed by atoms with van der Waals surface area (Å²) in [5.74, 6) is 0.167. The van der Waals surface area contributed by atoms with Crippen LogP contribution in [0.15, 0.2) is 71.5 Å². The molecular weight excluding hydrogens is 355 g/mol. The molecule has 0 amide bonds. The van der Waals surface area contributed by atoms with Crippen molar-refractivity contribution in [3.05, 3.63) is 93.7 Å². The molecule has 2 heterocycles. The van der Waals surface area contributed by atoms with Crippen LogP contribution in [0, 0.1) is 5.82 Å². The maximum absolute atomic E-state index is 14.0. The minimum Gasteiger partial charge on any atom is -0.494 e. The molecule has 0 N–H and O–H groups in total. The topological polar surface area (TPSA) is 43.6 Å². The second-order valence-electron chi connectivity index (χ2n) is 6.56. The molecule has 5 heteroatoms. The molecule has 0 aliphatic heterocycles. The Morgan fingerprint density at radius 3 is 2.61 bits per heavy atom. The number of aromatic nitrogens is 2. The van der Waals surface area contributed by atoms with Gasteiger partial charge in [0.25, 0.3) is 5.56 Å². The van der Waals surface area contributed by atoms with Crippen molar-refractivity contribution in [2.45, 2.75) is 0 Å². The Morgan fingerprint density at radius 2 is 1.82 bits per heavy atom. The summed E-state index contributed by atoms with van der Waals surface area (Å²) in [6, 6.07) is 19.4. The minimum atomic E-state index is -0.360. The van der Waals surface area contributed by atoms with Gasteiger partial charge in [0.1, 0.15) is 22.7 Å². The molecule has 0 aliphatic carbocycles. The highest BCUT2D eigenvalue weighted by Crippen LogP contribution is 2.23. The molecule has 28 heavy (non-hydrogen) atoms. The van der Waals surface area contributed by atoms with Gasteiger partial charge in [0, 0.05) is 10.6 Å². The summed E-state index contributed by atoms with van der Waals surface area (Å²) in [5, 5.41) is 1.80. The zero-order chi connectivity index (χ0) is 19.3. The van der Waals surface area contributed by atoms with Gasteiger partial charge in [-0.05, 0) is 42.0 Å². The summed E-state index contributed by atoms with van der Waals surface area (Å²) >= 11 is 0. The van der Waals surface area contributed by atoms with Crippen LogP contribution in [0.4, 0.5) is 4.39 Å². The van der Waals surface area contributed by atoms with E-state index in [0.29, 0.717) is 38.4 Å². The van der Waals surface area contributed by atoms with Crippen LogP contribution in [0.3, 0.4) is 0 Å². The second-order valence-corrected chi connectivity index (χ2v) is 6.56. The quantitative estimate of drug-likeness (QED) is 0.476. The van der Waals surface area contributed by atoms with Crippen molar-refractivity contribution in [2.24, 2.45) is 0 Å². The number of hydrogen-bond donors (Lipinski definition) is 0. The van der Waals surface area contributed by atoms with Gasteiger partial charge in [-0.3, -0.25) is 9.20 Å². The van der Waals surface area contributed by atoms with E-state index in [0.717, 1.165) is 5.56 Å². The van der Waals surface area contributed by atoms with Crippen LogP contribution in [-0.4, -0.2) is 16.5 Å². The largest absolute Gasteiger partial charge is 0.494 e.